The van der Waals surface area contributed by atoms with E-state index < -0.39 is 12.0 Å². The van der Waals surface area contributed by atoms with Gasteiger partial charge in [-0.05, 0) is 29.3 Å². The second kappa shape index (κ2) is 7.80. The summed E-state index contributed by atoms with van der Waals surface area (Å²) in [6.07, 6.45) is -0.930. The van der Waals surface area contributed by atoms with E-state index in [0.717, 1.165) is 11.1 Å². The van der Waals surface area contributed by atoms with Gasteiger partial charge in [-0.1, -0.05) is 53.8 Å². The first-order chi connectivity index (χ1) is 11.0. The minimum atomic E-state index is -0.930. The third-order valence-electron chi connectivity index (χ3n) is 3.17. The molecule has 0 radical (unpaired) electrons. The normalized spacial score (nSPS) is 11.3. The molecule has 5 heteroatoms. The van der Waals surface area contributed by atoms with Gasteiger partial charge in [0.2, 0.25) is 5.91 Å². The average Bonchev–Trinajstić information content (AvgIpc) is 2.53. The molecule has 0 bridgehead atoms. The number of benzene rings is 2. The number of halogens is 1. The number of aliphatic hydroxyl groups is 1. The highest BCUT2D eigenvalue weighted by Crippen LogP contribution is 2.15. The molecule has 0 aliphatic carbocycles. The summed E-state index contributed by atoms with van der Waals surface area (Å²) in [7, 11) is 0. The Morgan fingerprint density at radius 1 is 1.26 bits per heavy atom. The van der Waals surface area contributed by atoms with Crippen molar-refractivity contribution in [2.24, 2.45) is 0 Å². The summed E-state index contributed by atoms with van der Waals surface area (Å²) in [6.45, 7) is 1.38. The van der Waals surface area contributed by atoms with Gasteiger partial charge < -0.3 is 5.11 Å². The molecule has 1 atom stereocenters. The number of carbonyl (C=O) groups excluding carboxylic acids is 1. The quantitative estimate of drug-likeness (QED) is 0.516. The summed E-state index contributed by atoms with van der Waals surface area (Å²) in [5, 5.41) is 20.7. The predicted octanol–water partition coefficient (Wildman–Crippen LogP) is 3.16. The number of aliphatic hydroxyl groups excluding tert-OH is 1. The zero-order chi connectivity index (χ0) is 16.8. The first kappa shape index (κ1) is 17.0. The standard InChI is InChI=1S/C18H16ClNO3/c1-13(21)20(23)12-15-5-8-16(9-6-15)18(22)10-7-14-3-2-4-17(19)11-14/h2-6,8-9,11,18,22-23H,12H2,1H3. The third-order valence-corrected chi connectivity index (χ3v) is 3.40. The Labute approximate surface area is 139 Å². The summed E-state index contributed by atoms with van der Waals surface area (Å²) in [4.78, 5) is 11.0. The van der Waals surface area contributed by atoms with Gasteiger partial charge in [0.25, 0.3) is 0 Å². The largest absolute Gasteiger partial charge is 0.376 e. The van der Waals surface area contributed by atoms with E-state index in [1.807, 2.05) is 6.07 Å². The molecular weight excluding hydrogens is 314 g/mol. The minimum Gasteiger partial charge on any atom is -0.376 e. The van der Waals surface area contributed by atoms with E-state index in [-0.39, 0.29) is 6.54 Å². The molecule has 2 rings (SSSR count). The summed E-state index contributed by atoms with van der Waals surface area (Å²) in [6, 6.07) is 14.0. The molecule has 2 aromatic rings. The maximum atomic E-state index is 11.0. The second-order valence-electron chi connectivity index (χ2n) is 5.00. The Bertz CT molecular complexity index is 747. The Morgan fingerprint density at radius 2 is 1.96 bits per heavy atom. The summed E-state index contributed by atoms with van der Waals surface area (Å²) in [5.41, 5.74) is 2.11. The Morgan fingerprint density at radius 3 is 2.57 bits per heavy atom. The van der Waals surface area contributed by atoms with Crippen molar-refractivity contribution in [3.8, 4) is 11.8 Å². The van der Waals surface area contributed by atoms with Crippen molar-refractivity contribution in [2.45, 2.75) is 19.6 Å². The van der Waals surface area contributed by atoms with E-state index in [0.29, 0.717) is 15.6 Å². The van der Waals surface area contributed by atoms with Crippen molar-refractivity contribution < 1.29 is 15.1 Å². The molecule has 2 aromatic carbocycles. The number of amides is 1. The smallest absolute Gasteiger partial charge is 0.243 e. The maximum Gasteiger partial charge on any atom is 0.243 e. The van der Waals surface area contributed by atoms with Gasteiger partial charge >= 0.3 is 0 Å². The van der Waals surface area contributed by atoms with Gasteiger partial charge in [-0.15, -0.1) is 0 Å². The van der Waals surface area contributed by atoms with Gasteiger partial charge in [-0.25, -0.2) is 5.06 Å². The topological polar surface area (TPSA) is 60.8 Å². The highest BCUT2D eigenvalue weighted by molar-refractivity contribution is 6.30. The number of carbonyl (C=O) groups is 1. The maximum absolute atomic E-state index is 11.0. The van der Waals surface area contributed by atoms with E-state index in [1.165, 1.54) is 6.92 Å². The van der Waals surface area contributed by atoms with E-state index >= 15 is 0 Å². The monoisotopic (exact) mass is 329 g/mol. The van der Waals surface area contributed by atoms with Gasteiger partial charge in [0, 0.05) is 17.5 Å². The van der Waals surface area contributed by atoms with Crippen LogP contribution in [0.25, 0.3) is 0 Å². The molecule has 0 fully saturated rings. The third kappa shape index (κ3) is 5.11. The van der Waals surface area contributed by atoms with Crippen LogP contribution in [0.15, 0.2) is 48.5 Å². The molecule has 2 N–H and O–H groups in total. The molecule has 0 saturated heterocycles. The number of hydroxylamine groups is 2. The zero-order valence-electron chi connectivity index (χ0n) is 12.5. The number of nitrogens with zero attached hydrogens (tertiary/aromatic N) is 1. The fourth-order valence-electron chi connectivity index (χ4n) is 1.89. The van der Waals surface area contributed by atoms with Crippen molar-refractivity contribution in [1.29, 1.82) is 0 Å². The molecule has 0 saturated carbocycles. The molecule has 1 unspecified atom stereocenters. The predicted molar refractivity (Wildman–Crippen MR) is 87.7 cm³/mol. The average molecular weight is 330 g/mol. The van der Waals surface area contributed by atoms with Crippen LogP contribution in [0, 0.1) is 11.8 Å². The Hall–Kier alpha value is -2.32. The number of hydrogen-bond donors (Lipinski definition) is 2. The van der Waals surface area contributed by atoms with Gasteiger partial charge in [0.15, 0.2) is 0 Å². The van der Waals surface area contributed by atoms with Crippen molar-refractivity contribution >= 4 is 17.5 Å². The lowest BCUT2D eigenvalue weighted by Gasteiger charge is -2.13. The highest BCUT2D eigenvalue weighted by atomic mass is 35.5. The van der Waals surface area contributed by atoms with Crippen LogP contribution < -0.4 is 0 Å². The minimum absolute atomic E-state index is 0.0971. The molecular formula is C18H16ClNO3. The lowest BCUT2D eigenvalue weighted by Crippen LogP contribution is -2.23. The summed E-state index contributed by atoms with van der Waals surface area (Å²) in [5.74, 6) is 5.19. The summed E-state index contributed by atoms with van der Waals surface area (Å²) >= 11 is 5.88. The zero-order valence-corrected chi connectivity index (χ0v) is 13.3. The Balaban J connectivity index is 2.06. The lowest BCUT2D eigenvalue weighted by molar-refractivity contribution is -0.165. The molecule has 0 aromatic heterocycles. The first-order valence-corrected chi connectivity index (χ1v) is 7.34. The van der Waals surface area contributed by atoms with Crippen molar-refractivity contribution in [2.75, 3.05) is 0 Å². The fourth-order valence-corrected chi connectivity index (χ4v) is 2.08. The van der Waals surface area contributed by atoms with E-state index in [1.54, 1.807) is 42.5 Å². The van der Waals surface area contributed by atoms with Crippen LogP contribution in [-0.2, 0) is 11.3 Å². The van der Waals surface area contributed by atoms with Gasteiger partial charge in [-0.2, -0.15) is 0 Å². The summed E-state index contributed by atoms with van der Waals surface area (Å²) < 4.78 is 0. The molecule has 0 aliphatic rings. The molecule has 23 heavy (non-hydrogen) atoms. The van der Waals surface area contributed by atoms with Crippen molar-refractivity contribution in [1.82, 2.24) is 5.06 Å². The second-order valence-corrected chi connectivity index (χ2v) is 5.44. The molecule has 0 heterocycles. The lowest BCUT2D eigenvalue weighted by atomic mass is 10.1. The first-order valence-electron chi connectivity index (χ1n) is 6.96. The van der Waals surface area contributed by atoms with Gasteiger partial charge in [0.1, 0.15) is 6.10 Å². The molecule has 0 aliphatic heterocycles. The van der Waals surface area contributed by atoms with Crippen LogP contribution in [-0.4, -0.2) is 21.3 Å². The number of rotatable bonds is 3. The van der Waals surface area contributed by atoms with Crippen molar-refractivity contribution in [3.63, 3.8) is 0 Å². The molecule has 1 amide bonds. The van der Waals surface area contributed by atoms with E-state index in [2.05, 4.69) is 11.8 Å². The van der Waals surface area contributed by atoms with Crippen LogP contribution in [0.1, 0.15) is 29.7 Å². The van der Waals surface area contributed by atoms with Gasteiger partial charge in [0.05, 0.1) is 6.54 Å². The van der Waals surface area contributed by atoms with Crippen molar-refractivity contribution in [3.05, 3.63) is 70.2 Å². The van der Waals surface area contributed by atoms with Crippen LogP contribution in [0.5, 0.6) is 0 Å². The van der Waals surface area contributed by atoms with Crippen LogP contribution >= 0.6 is 11.6 Å². The molecule has 4 nitrogen and oxygen atoms in total. The van der Waals surface area contributed by atoms with Gasteiger partial charge in [-0.3, -0.25) is 10.0 Å². The van der Waals surface area contributed by atoms with E-state index in [9.17, 15) is 15.1 Å². The Kier molecular flexibility index (Phi) is 5.78. The highest BCUT2D eigenvalue weighted by Gasteiger charge is 2.07. The number of hydrogen-bond acceptors (Lipinski definition) is 3. The molecule has 0 spiro atoms. The van der Waals surface area contributed by atoms with Crippen LogP contribution in [0.3, 0.4) is 0 Å². The fraction of sp³-hybridized carbons (Fsp3) is 0.167. The van der Waals surface area contributed by atoms with Crippen LogP contribution in [0.4, 0.5) is 0 Å². The SMILES string of the molecule is CC(=O)N(O)Cc1ccc(C(O)C#Cc2cccc(Cl)c2)cc1. The molecule has 118 valence electrons. The van der Waals surface area contributed by atoms with E-state index in [4.69, 9.17) is 11.6 Å². The van der Waals surface area contributed by atoms with Crippen LogP contribution in [0.2, 0.25) is 5.02 Å².